The quantitative estimate of drug-likeness (QED) is 0.837. The van der Waals surface area contributed by atoms with E-state index in [1.807, 2.05) is 0 Å². The summed E-state index contributed by atoms with van der Waals surface area (Å²) >= 11 is 3.22. The van der Waals surface area contributed by atoms with Crippen LogP contribution >= 0.6 is 26.6 Å². The summed E-state index contributed by atoms with van der Waals surface area (Å²) in [5.74, 6) is -0.347. The molecule has 0 atom stereocenters. The van der Waals surface area contributed by atoms with Crippen LogP contribution in [0.1, 0.15) is 10.4 Å². The number of benzene rings is 1. The molecule has 1 N–H and O–H groups in total. The van der Waals surface area contributed by atoms with Crippen LogP contribution in [0.5, 0.6) is 0 Å². The lowest BCUT2D eigenvalue weighted by atomic mass is 10.2. The highest BCUT2D eigenvalue weighted by Gasteiger charge is 2.11. The lowest BCUT2D eigenvalue weighted by Crippen LogP contribution is -2.12. The van der Waals surface area contributed by atoms with Gasteiger partial charge in [-0.2, -0.15) is 0 Å². The molecule has 104 valence electrons. The van der Waals surface area contributed by atoms with Crippen LogP contribution in [0.2, 0.25) is 0 Å². The van der Waals surface area contributed by atoms with Gasteiger partial charge in [0.2, 0.25) is 0 Å². The number of aromatic nitrogens is 1. The van der Waals surface area contributed by atoms with Crippen LogP contribution in [-0.4, -0.2) is 19.3 Å². The molecule has 0 spiro atoms. The molecule has 2 rings (SSSR count). The number of nitrogens with zero attached hydrogens (tertiary/aromatic N) is 1. The fourth-order valence-electron chi connectivity index (χ4n) is 1.44. The molecule has 1 amide bonds. The summed E-state index contributed by atoms with van der Waals surface area (Å²) in [5, 5.41) is 2.63. The molecule has 0 fully saturated rings. The van der Waals surface area contributed by atoms with Crippen molar-refractivity contribution >= 4 is 47.3 Å². The van der Waals surface area contributed by atoms with E-state index < -0.39 is 9.05 Å². The molecule has 0 radical (unpaired) electrons. The number of carbonyl (C=O) groups excluding carboxylic acids is 1. The van der Waals surface area contributed by atoms with Crippen molar-refractivity contribution in [2.24, 2.45) is 0 Å². The molecule has 1 aromatic carbocycles. The second-order valence-electron chi connectivity index (χ2n) is 3.81. The van der Waals surface area contributed by atoms with E-state index in [0.29, 0.717) is 15.7 Å². The van der Waals surface area contributed by atoms with Crippen LogP contribution in [0.15, 0.2) is 52.1 Å². The Morgan fingerprint density at radius 2 is 1.85 bits per heavy atom. The smallest absolute Gasteiger partial charge is 0.261 e. The number of amides is 1. The number of anilines is 1. The molecule has 20 heavy (non-hydrogen) atoms. The normalized spacial score (nSPS) is 11.1. The summed E-state index contributed by atoms with van der Waals surface area (Å²) in [5.41, 5.74) is 0.840. The Balaban J connectivity index is 2.16. The maximum absolute atomic E-state index is 11.9. The van der Waals surface area contributed by atoms with E-state index >= 15 is 0 Å². The average molecular weight is 376 g/mol. The second kappa shape index (κ2) is 5.90. The maximum atomic E-state index is 11.9. The van der Waals surface area contributed by atoms with Crippen molar-refractivity contribution in [3.63, 3.8) is 0 Å². The zero-order chi connectivity index (χ0) is 14.8. The van der Waals surface area contributed by atoms with Gasteiger partial charge >= 0.3 is 0 Å². The van der Waals surface area contributed by atoms with Crippen molar-refractivity contribution in [2.75, 3.05) is 5.32 Å². The van der Waals surface area contributed by atoms with Crippen molar-refractivity contribution in [1.29, 1.82) is 0 Å². The minimum atomic E-state index is -3.76. The Bertz CT molecular complexity index is 748. The predicted molar refractivity (Wildman–Crippen MR) is 79.4 cm³/mol. The third-order valence-electron chi connectivity index (χ3n) is 2.36. The van der Waals surface area contributed by atoms with Gasteiger partial charge in [0, 0.05) is 33.2 Å². The van der Waals surface area contributed by atoms with E-state index in [-0.39, 0.29) is 10.8 Å². The van der Waals surface area contributed by atoms with E-state index in [1.54, 1.807) is 12.3 Å². The van der Waals surface area contributed by atoms with Crippen LogP contribution in [0.3, 0.4) is 0 Å². The first-order valence-electron chi connectivity index (χ1n) is 5.33. The highest BCUT2D eigenvalue weighted by atomic mass is 79.9. The molecule has 0 saturated carbocycles. The van der Waals surface area contributed by atoms with Gasteiger partial charge in [-0.05, 0) is 46.3 Å². The third kappa shape index (κ3) is 3.78. The lowest BCUT2D eigenvalue weighted by Gasteiger charge is -2.05. The van der Waals surface area contributed by atoms with E-state index in [0.717, 1.165) is 0 Å². The first kappa shape index (κ1) is 15.0. The van der Waals surface area contributed by atoms with Crippen molar-refractivity contribution in [3.8, 4) is 0 Å². The largest absolute Gasteiger partial charge is 0.322 e. The Morgan fingerprint density at radius 1 is 1.20 bits per heavy atom. The average Bonchev–Trinajstić information content (AvgIpc) is 2.38. The van der Waals surface area contributed by atoms with Gasteiger partial charge in [0.05, 0.1) is 10.5 Å². The number of rotatable bonds is 3. The van der Waals surface area contributed by atoms with Crippen LogP contribution in [0, 0.1) is 0 Å². The zero-order valence-electron chi connectivity index (χ0n) is 9.88. The van der Waals surface area contributed by atoms with Gasteiger partial charge in [0.25, 0.3) is 15.0 Å². The Morgan fingerprint density at radius 3 is 2.40 bits per heavy atom. The molecule has 0 unspecified atom stereocenters. The Kier molecular flexibility index (Phi) is 4.42. The minimum absolute atomic E-state index is 0.0266. The number of hydrogen-bond acceptors (Lipinski definition) is 4. The standard InChI is InChI=1S/C12H8BrClN2O3S/c13-9-5-8(6-15-7-9)12(17)16-10-1-3-11(4-2-10)20(14,18)19/h1-7H,(H,16,17). The molecule has 1 heterocycles. The summed E-state index contributed by atoms with van der Waals surface area (Å²) in [6.07, 6.45) is 2.99. The highest BCUT2D eigenvalue weighted by molar-refractivity contribution is 9.10. The summed E-state index contributed by atoms with van der Waals surface area (Å²) in [7, 11) is 1.44. The summed E-state index contributed by atoms with van der Waals surface area (Å²) in [6.45, 7) is 0. The summed E-state index contributed by atoms with van der Waals surface area (Å²) in [6, 6.07) is 7.17. The van der Waals surface area contributed by atoms with Crippen LogP contribution in [0.4, 0.5) is 5.69 Å². The highest BCUT2D eigenvalue weighted by Crippen LogP contribution is 2.18. The van der Waals surface area contributed by atoms with Crippen LogP contribution in [0.25, 0.3) is 0 Å². The van der Waals surface area contributed by atoms with Gasteiger partial charge in [-0.3, -0.25) is 9.78 Å². The lowest BCUT2D eigenvalue weighted by molar-refractivity contribution is 0.102. The molecule has 1 aromatic heterocycles. The monoisotopic (exact) mass is 374 g/mol. The van der Waals surface area contributed by atoms with Gasteiger partial charge in [-0.25, -0.2) is 8.42 Å². The van der Waals surface area contributed by atoms with E-state index in [9.17, 15) is 13.2 Å². The number of carbonyl (C=O) groups is 1. The van der Waals surface area contributed by atoms with E-state index in [2.05, 4.69) is 26.2 Å². The fourth-order valence-corrected chi connectivity index (χ4v) is 2.57. The molecule has 0 aliphatic carbocycles. The van der Waals surface area contributed by atoms with E-state index in [4.69, 9.17) is 10.7 Å². The fraction of sp³-hybridized carbons (Fsp3) is 0. The molecule has 0 bridgehead atoms. The van der Waals surface area contributed by atoms with Crippen molar-refractivity contribution < 1.29 is 13.2 Å². The van der Waals surface area contributed by atoms with Gasteiger partial charge < -0.3 is 5.32 Å². The molecule has 0 saturated heterocycles. The summed E-state index contributed by atoms with van der Waals surface area (Å²) < 4.78 is 22.9. The number of pyridine rings is 1. The van der Waals surface area contributed by atoms with Gasteiger partial charge in [0.1, 0.15) is 0 Å². The number of halogens is 2. The molecule has 2 aromatic rings. The van der Waals surface area contributed by atoms with Crippen molar-refractivity contribution in [2.45, 2.75) is 4.90 Å². The third-order valence-corrected chi connectivity index (χ3v) is 4.16. The van der Waals surface area contributed by atoms with Gasteiger partial charge in [0.15, 0.2) is 0 Å². The summed E-state index contributed by atoms with van der Waals surface area (Å²) in [4.78, 5) is 15.8. The first-order valence-corrected chi connectivity index (χ1v) is 8.43. The van der Waals surface area contributed by atoms with Crippen molar-refractivity contribution in [3.05, 3.63) is 52.8 Å². The maximum Gasteiger partial charge on any atom is 0.261 e. The van der Waals surface area contributed by atoms with Crippen LogP contribution in [-0.2, 0) is 9.05 Å². The molecule has 8 heteroatoms. The topological polar surface area (TPSA) is 76.1 Å². The SMILES string of the molecule is O=C(Nc1ccc(S(=O)(=O)Cl)cc1)c1cncc(Br)c1. The molecular weight excluding hydrogens is 368 g/mol. The zero-order valence-corrected chi connectivity index (χ0v) is 13.0. The number of nitrogens with one attached hydrogen (secondary N) is 1. The molecule has 5 nitrogen and oxygen atoms in total. The minimum Gasteiger partial charge on any atom is -0.322 e. The van der Waals surface area contributed by atoms with Crippen molar-refractivity contribution in [1.82, 2.24) is 4.98 Å². The molecule has 0 aliphatic rings. The molecule has 0 aliphatic heterocycles. The van der Waals surface area contributed by atoms with Crippen LogP contribution < -0.4 is 5.32 Å². The second-order valence-corrected chi connectivity index (χ2v) is 7.29. The predicted octanol–water partition coefficient (Wildman–Crippen LogP) is 3.02. The van der Waals surface area contributed by atoms with Gasteiger partial charge in [-0.1, -0.05) is 0 Å². The first-order chi connectivity index (χ1) is 9.36. The Hall–Kier alpha value is -1.44. The number of hydrogen-bond donors (Lipinski definition) is 1. The van der Waals surface area contributed by atoms with Gasteiger partial charge in [-0.15, -0.1) is 0 Å². The Labute approximate surface area is 128 Å². The molecular formula is C12H8BrClN2O3S. The van der Waals surface area contributed by atoms with E-state index in [1.165, 1.54) is 30.5 Å².